The van der Waals surface area contributed by atoms with Crippen LogP contribution < -0.4 is 5.32 Å². The molecule has 1 aliphatic heterocycles. The van der Waals surface area contributed by atoms with E-state index in [1.807, 2.05) is 37.3 Å². The lowest BCUT2D eigenvalue weighted by molar-refractivity contribution is 0.592. The molecule has 0 amide bonds. The van der Waals surface area contributed by atoms with Crippen LogP contribution in [0.5, 0.6) is 0 Å². The lowest BCUT2D eigenvalue weighted by atomic mass is 10.2. The summed E-state index contributed by atoms with van der Waals surface area (Å²) in [4.78, 5) is -0.135. The lowest BCUT2D eigenvalue weighted by Gasteiger charge is -2.20. The maximum absolute atomic E-state index is 13.2. The second kappa shape index (κ2) is 5.73. The first kappa shape index (κ1) is 15.1. The molecule has 0 fully saturated rings. The van der Waals surface area contributed by atoms with Gasteiger partial charge in [0.05, 0.1) is 5.69 Å². The standard InChI is InChI=1S/C15H13FN2O2S2/c1-10(11-5-3-2-4-6-11)21-15-17-13-8-7-12(16)9-14(13)22(19,20)18-15/h2-10H,1H3,(H,17,18). The van der Waals surface area contributed by atoms with Crippen molar-refractivity contribution in [3.05, 3.63) is 59.9 Å². The normalized spacial score (nSPS) is 17.1. The first-order valence-electron chi connectivity index (χ1n) is 6.59. The van der Waals surface area contributed by atoms with Gasteiger partial charge in [0.25, 0.3) is 10.0 Å². The second-order valence-electron chi connectivity index (χ2n) is 4.81. The zero-order valence-electron chi connectivity index (χ0n) is 11.7. The summed E-state index contributed by atoms with van der Waals surface area (Å²) in [7, 11) is -3.88. The molecule has 3 rings (SSSR count). The van der Waals surface area contributed by atoms with Gasteiger partial charge < -0.3 is 5.32 Å². The molecule has 0 spiro atoms. The van der Waals surface area contributed by atoms with E-state index < -0.39 is 15.8 Å². The predicted molar refractivity (Wildman–Crippen MR) is 87.1 cm³/mol. The molecular weight excluding hydrogens is 323 g/mol. The highest BCUT2D eigenvalue weighted by Crippen LogP contribution is 2.35. The van der Waals surface area contributed by atoms with Crippen molar-refractivity contribution in [3.63, 3.8) is 0 Å². The molecule has 2 aromatic rings. The van der Waals surface area contributed by atoms with E-state index in [9.17, 15) is 12.8 Å². The highest BCUT2D eigenvalue weighted by atomic mass is 32.2. The van der Waals surface area contributed by atoms with Crippen molar-refractivity contribution in [2.45, 2.75) is 17.1 Å². The van der Waals surface area contributed by atoms with Crippen LogP contribution in [0, 0.1) is 5.82 Å². The van der Waals surface area contributed by atoms with E-state index in [-0.39, 0.29) is 15.3 Å². The van der Waals surface area contributed by atoms with Gasteiger partial charge in [-0.25, -0.2) is 4.39 Å². The Hall–Kier alpha value is -1.86. The number of thioether (sulfide) groups is 1. The third kappa shape index (κ3) is 3.00. The van der Waals surface area contributed by atoms with Crippen molar-refractivity contribution >= 4 is 32.6 Å². The Morgan fingerprint density at radius 2 is 1.91 bits per heavy atom. The summed E-state index contributed by atoms with van der Waals surface area (Å²) in [6.45, 7) is 1.97. The average Bonchev–Trinajstić information content (AvgIpc) is 2.48. The van der Waals surface area contributed by atoms with Crippen molar-refractivity contribution in [2.24, 2.45) is 4.40 Å². The van der Waals surface area contributed by atoms with Crippen molar-refractivity contribution < 1.29 is 12.8 Å². The van der Waals surface area contributed by atoms with Crippen LogP contribution >= 0.6 is 11.8 Å². The summed E-state index contributed by atoms with van der Waals surface area (Å²) in [5.74, 6) is -0.604. The molecule has 114 valence electrons. The van der Waals surface area contributed by atoms with Gasteiger partial charge in [0.2, 0.25) is 0 Å². The molecule has 0 bridgehead atoms. The van der Waals surface area contributed by atoms with Crippen LogP contribution in [0.2, 0.25) is 0 Å². The van der Waals surface area contributed by atoms with Crippen LogP contribution in [0.25, 0.3) is 0 Å². The van der Waals surface area contributed by atoms with Gasteiger partial charge in [-0.3, -0.25) is 0 Å². The summed E-state index contributed by atoms with van der Waals surface area (Å²) in [5, 5.41) is 3.27. The van der Waals surface area contributed by atoms with Crippen molar-refractivity contribution in [2.75, 3.05) is 5.32 Å². The molecule has 2 aromatic carbocycles. The van der Waals surface area contributed by atoms with Crippen LogP contribution in [0.1, 0.15) is 17.7 Å². The van der Waals surface area contributed by atoms with Gasteiger partial charge in [0.15, 0.2) is 5.17 Å². The number of fused-ring (bicyclic) bond motifs is 1. The Bertz CT molecular complexity index is 836. The number of hydrogen-bond donors (Lipinski definition) is 1. The number of amidine groups is 1. The van der Waals surface area contributed by atoms with E-state index in [2.05, 4.69) is 9.71 Å². The maximum atomic E-state index is 13.2. The van der Waals surface area contributed by atoms with Gasteiger partial charge in [-0.05, 0) is 30.7 Å². The summed E-state index contributed by atoms with van der Waals surface area (Å²) in [5.41, 5.74) is 1.42. The number of halogens is 1. The zero-order valence-corrected chi connectivity index (χ0v) is 13.3. The van der Waals surface area contributed by atoms with E-state index in [0.717, 1.165) is 11.6 Å². The second-order valence-corrected chi connectivity index (χ2v) is 7.71. The van der Waals surface area contributed by atoms with E-state index >= 15 is 0 Å². The van der Waals surface area contributed by atoms with Crippen LogP contribution in [0.3, 0.4) is 0 Å². The summed E-state index contributed by atoms with van der Waals surface area (Å²) >= 11 is 1.31. The predicted octanol–water partition coefficient (Wildman–Crippen LogP) is 3.79. The minimum Gasteiger partial charge on any atom is -0.333 e. The molecule has 22 heavy (non-hydrogen) atoms. The van der Waals surface area contributed by atoms with Gasteiger partial charge in [-0.1, -0.05) is 42.1 Å². The molecule has 0 radical (unpaired) electrons. The molecule has 1 heterocycles. The highest BCUT2D eigenvalue weighted by molar-refractivity contribution is 8.15. The van der Waals surface area contributed by atoms with Gasteiger partial charge in [-0.2, -0.15) is 8.42 Å². The van der Waals surface area contributed by atoms with E-state index in [1.54, 1.807) is 0 Å². The number of nitrogens with zero attached hydrogens (tertiary/aromatic N) is 1. The molecule has 4 nitrogen and oxygen atoms in total. The first-order chi connectivity index (χ1) is 10.5. The molecule has 1 atom stereocenters. The van der Waals surface area contributed by atoms with Crippen molar-refractivity contribution in [1.82, 2.24) is 0 Å². The minimum absolute atomic E-state index is 0.0321. The summed E-state index contributed by atoms with van der Waals surface area (Å²) in [6.07, 6.45) is 0. The van der Waals surface area contributed by atoms with Crippen LogP contribution in [0.15, 0.2) is 57.8 Å². The van der Waals surface area contributed by atoms with E-state index in [0.29, 0.717) is 5.69 Å². The number of sulfonamides is 1. The molecule has 1 N–H and O–H groups in total. The van der Waals surface area contributed by atoms with Gasteiger partial charge in [0.1, 0.15) is 10.7 Å². The number of nitrogens with one attached hydrogen (secondary N) is 1. The SMILES string of the molecule is CC(SC1=NS(=O)(=O)c2cc(F)ccc2N1)c1ccccc1. The first-order valence-corrected chi connectivity index (χ1v) is 8.91. The van der Waals surface area contributed by atoms with Gasteiger partial charge in [-0.15, -0.1) is 4.40 Å². The minimum atomic E-state index is -3.88. The Labute approximate surface area is 132 Å². The number of benzene rings is 2. The Morgan fingerprint density at radius 3 is 2.64 bits per heavy atom. The average molecular weight is 336 g/mol. The lowest BCUT2D eigenvalue weighted by Crippen LogP contribution is -2.19. The zero-order chi connectivity index (χ0) is 15.7. The Balaban J connectivity index is 1.89. The molecule has 1 aliphatic rings. The van der Waals surface area contributed by atoms with Crippen LogP contribution in [-0.2, 0) is 10.0 Å². The fourth-order valence-corrected chi connectivity index (χ4v) is 4.40. The third-order valence-electron chi connectivity index (χ3n) is 3.22. The fraction of sp³-hybridized carbons (Fsp3) is 0.133. The topological polar surface area (TPSA) is 58.5 Å². The molecule has 0 aromatic heterocycles. The molecular formula is C15H13FN2O2S2. The summed E-state index contributed by atoms with van der Waals surface area (Å²) in [6, 6.07) is 13.3. The number of rotatable bonds is 2. The molecule has 0 saturated heterocycles. The third-order valence-corrected chi connectivity index (χ3v) is 5.70. The van der Waals surface area contributed by atoms with E-state index in [1.165, 1.54) is 23.9 Å². The van der Waals surface area contributed by atoms with Crippen LogP contribution in [0.4, 0.5) is 10.1 Å². The largest absolute Gasteiger partial charge is 0.333 e. The van der Waals surface area contributed by atoms with Gasteiger partial charge in [0, 0.05) is 5.25 Å². The quantitative estimate of drug-likeness (QED) is 0.906. The number of hydrogen-bond acceptors (Lipinski definition) is 4. The Morgan fingerprint density at radius 1 is 1.18 bits per heavy atom. The maximum Gasteiger partial charge on any atom is 0.286 e. The molecule has 7 heteroatoms. The van der Waals surface area contributed by atoms with E-state index in [4.69, 9.17) is 0 Å². The van der Waals surface area contributed by atoms with Crippen molar-refractivity contribution in [1.29, 1.82) is 0 Å². The molecule has 0 aliphatic carbocycles. The molecule has 1 unspecified atom stereocenters. The number of anilines is 1. The fourth-order valence-electron chi connectivity index (χ4n) is 2.12. The van der Waals surface area contributed by atoms with Gasteiger partial charge >= 0.3 is 0 Å². The summed E-state index contributed by atoms with van der Waals surface area (Å²) < 4.78 is 41.2. The monoisotopic (exact) mass is 336 g/mol. The van der Waals surface area contributed by atoms with Crippen LogP contribution in [-0.4, -0.2) is 13.6 Å². The molecule has 0 saturated carbocycles. The van der Waals surface area contributed by atoms with Crippen molar-refractivity contribution in [3.8, 4) is 0 Å². The highest BCUT2D eigenvalue weighted by Gasteiger charge is 2.26. The smallest absolute Gasteiger partial charge is 0.286 e. The Kier molecular flexibility index (Phi) is 3.92.